The maximum absolute atomic E-state index is 14.7. The van der Waals surface area contributed by atoms with E-state index in [0.29, 0.717) is 21.8 Å². The van der Waals surface area contributed by atoms with Gasteiger partial charge in [0.1, 0.15) is 0 Å². The molecule has 13 heteroatoms. The van der Waals surface area contributed by atoms with Gasteiger partial charge in [0, 0.05) is 24.0 Å². The highest BCUT2D eigenvalue weighted by Gasteiger charge is 2.27. The van der Waals surface area contributed by atoms with E-state index in [2.05, 4.69) is 20.6 Å². The molecule has 0 unspecified atom stereocenters. The number of hydrogen-bond donors (Lipinski definition) is 2. The zero-order valence-electron chi connectivity index (χ0n) is 19.4. The second-order valence-corrected chi connectivity index (χ2v) is 10.2. The Morgan fingerprint density at radius 3 is 2.64 bits per heavy atom. The van der Waals surface area contributed by atoms with Gasteiger partial charge in [0.25, 0.3) is 0 Å². The molecule has 2 heterocycles. The first-order valence-corrected chi connectivity index (χ1v) is 12.5. The molecule has 0 fully saturated rings. The molecule has 1 amide bonds. The quantitative estimate of drug-likeness (QED) is 0.413. The SMILES string of the molecule is CCS(=O)(=O)N(C)c1ccccc1CN(c1nc(Nc2cccc3c2CC(=O)N3)ncc1F)C(F)F. The van der Waals surface area contributed by atoms with Crippen LogP contribution in [0.5, 0.6) is 0 Å². The first-order valence-electron chi connectivity index (χ1n) is 10.9. The largest absolute Gasteiger partial charge is 0.325 e. The van der Waals surface area contributed by atoms with Crippen LogP contribution in [-0.4, -0.2) is 43.6 Å². The molecule has 0 atom stereocenters. The molecule has 0 saturated heterocycles. The number of fused-ring (bicyclic) bond motifs is 1. The van der Waals surface area contributed by atoms with Gasteiger partial charge in [-0.2, -0.15) is 13.8 Å². The molecular weight excluding hydrogens is 497 g/mol. The lowest BCUT2D eigenvalue weighted by molar-refractivity contribution is -0.115. The minimum atomic E-state index is -3.66. The molecule has 36 heavy (non-hydrogen) atoms. The van der Waals surface area contributed by atoms with Crippen LogP contribution in [0.15, 0.2) is 48.7 Å². The number of para-hydroxylation sites is 1. The summed E-state index contributed by atoms with van der Waals surface area (Å²) in [5, 5.41) is 5.57. The van der Waals surface area contributed by atoms with Crippen LogP contribution in [0.1, 0.15) is 18.1 Å². The first-order chi connectivity index (χ1) is 17.1. The number of halogens is 3. The van der Waals surface area contributed by atoms with E-state index in [1.807, 2.05) is 0 Å². The number of alkyl halides is 2. The number of benzene rings is 2. The Balaban J connectivity index is 1.67. The molecule has 0 aliphatic carbocycles. The fourth-order valence-corrected chi connectivity index (χ4v) is 4.69. The van der Waals surface area contributed by atoms with Gasteiger partial charge in [0.15, 0.2) is 11.6 Å². The first kappa shape index (κ1) is 25.2. The highest BCUT2D eigenvalue weighted by Crippen LogP contribution is 2.32. The summed E-state index contributed by atoms with van der Waals surface area (Å²) < 4.78 is 68.8. The van der Waals surface area contributed by atoms with Gasteiger partial charge in [-0.3, -0.25) is 14.0 Å². The zero-order valence-corrected chi connectivity index (χ0v) is 20.2. The van der Waals surface area contributed by atoms with E-state index in [1.54, 1.807) is 30.3 Å². The summed E-state index contributed by atoms with van der Waals surface area (Å²) in [6.45, 7) is -2.21. The molecule has 2 aromatic carbocycles. The van der Waals surface area contributed by atoms with E-state index in [4.69, 9.17) is 0 Å². The Morgan fingerprint density at radius 2 is 1.92 bits per heavy atom. The molecule has 0 spiro atoms. The Bertz CT molecular complexity index is 1400. The van der Waals surface area contributed by atoms with Crippen LogP contribution in [0.2, 0.25) is 0 Å². The van der Waals surface area contributed by atoms with Crippen molar-refractivity contribution in [2.45, 2.75) is 26.4 Å². The molecule has 9 nitrogen and oxygen atoms in total. The Kier molecular flexibility index (Phi) is 7.02. The van der Waals surface area contributed by atoms with E-state index >= 15 is 0 Å². The zero-order chi connectivity index (χ0) is 26.0. The summed E-state index contributed by atoms with van der Waals surface area (Å²) in [7, 11) is -2.34. The standard InChI is InChI=1S/C23H23F3N6O3S/c1-3-36(34,35)31(2)19-10-5-4-7-14(19)13-32(22(25)26)21-16(24)12-27-23(30-21)29-18-9-6-8-17-15(18)11-20(33)28-17/h4-10,12,22H,3,11,13H2,1-2H3,(H,28,33)(H,27,29,30). The van der Waals surface area contributed by atoms with Crippen molar-refractivity contribution in [2.24, 2.45) is 0 Å². The fraction of sp³-hybridized carbons (Fsp3) is 0.261. The number of anilines is 5. The van der Waals surface area contributed by atoms with Crippen LogP contribution in [0, 0.1) is 5.82 Å². The van der Waals surface area contributed by atoms with Crippen LogP contribution < -0.4 is 19.8 Å². The molecular formula is C23H23F3N6O3S. The lowest BCUT2D eigenvalue weighted by Crippen LogP contribution is -2.33. The van der Waals surface area contributed by atoms with Gasteiger partial charge in [-0.1, -0.05) is 24.3 Å². The second kappa shape index (κ2) is 10.0. The minimum absolute atomic E-state index is 0.112. The van der Waals surface area contributed by atoms with Gasteiger partial charge < -0.3 is 10.6 Å². The second-order valence-electron chi connectivity index (χ2n) is 7.95. The number of nitrogens with zero attached hydrogens (tertiary/aromatic N) is 4. The number of carbonyl (C=O) groups excluding carboxylic acids is 1. The maximum Gasteiger partial charge on any atom is 0.316 e. The van der Waals surface area contributed by atoms with Crippen LogP contribution in [0.3, 0.4) is 0 Å². The highest BCUT2D eigenvalue weighted by atomic mass is 32.2. The monoisotopic (exact) mass is 520 g/mol. The number of amides is 1. The molecule has 190 valence electrons. The molecule has 1 aliphatic heterocycles. The number of hydrogen-bond acceptors (Lipinski definition) is 7. The van der Waals surface area contributed by atoms with Crippen molar-refractivity contribution in [2.75, 3.05) is 32.6 Å². The average Bonchev–Trinajstić information content (AvgIpc) is 3.24. The van der Waals surface area contributed by atoms with E-state index in [9.17, 15) is 26.4 Å². The summed E-state index contributed by atoms with van der Waals surface area (Å²) in [5.74, 6) is -2.28. The van der Waals surface area contributed by atoms with Gasteiger partial charge in [-0.05, 0) is 30.7 Å². The van der Waals surface area contributed by atoms with Gasteiger partial charge in [-0.15, -0.1) is 0 Å². The third-order valence-corrected chi connectivity index (χ3v) is 7.48. The number of sulfonamides is 1. The van der Waals surface area contributed by atoms with E-state index in [-0.39, 0.29) is 35.3 Å². The summed E-state index contributed by atoms with van der Waals surface area (Å²) in [4.78, 5) is 20.0. The van der Waals surface area contributed by atoms with Crippen LogP contribution in [-0.2, 0) is 27.8 Å². The van der Waals surface area contributed by atoms with Crippen molar-refractivity contribution in [3.63, 3.8) is 0 Å². The van der Waals surface area contributed by atoms with Crippen molar-refractivity contribution in [1.29, 1.82) is 0 Å². The van der Waals surface area contributed by atoms with Gasteiger partial charge in [0.05, 0.1) is 30.6 Å². The van der Waals surface area contributed by atoms with Crippen molar-refractivity contribution < 1.29 is 26.4 Å². The third-order valence-electron chi connectivity index (χ3n) is 5.72. The van der Waals surface area contributed by atoms with E-state index in [0.717, 1.165) is 10.5 Å². The molecule has 1 aromatic heterocycles. The predicted octanol–water partition coefficient (Wildman–Crippen LogP) is 3.87. The van der Waals surface area contributed by atoms with Crippen molar-refractivity contribution in [3.05, 3.63) is 65.6 Å². The molecule has 0 saturated carbocycles. The number of rotatable bonds is 9. The van der Waals surface area contributed by atoms with Crippen LogP contribution in [0.4, 0.5) is 42.0 Å². The van der Waals surface area contributed by atoms with Crippen molar-refractivity contribution >= 4 is 44.8 Å². The molecule has 0 bridgehead atoms. The summed E-state index contributed by atoms with van der Waals surface area (Å²) in [6.07, 6.45) is 0.882. The predicted molar refractivity (Wildman–Crippen MR) is 131 cm³/mol. The number of carbonyl (C=O) groups is 1. The topological polar surface area (TPSA) is 108 Å². The Morgan fingerprint density at radius 1 is 1.17 bits per heavy atom. The molecule has 4 rings (SSSR count). The van der Waals surface area contributed by atoms with Crippen molar-refractivity contribution in [1.82, 2.24) is 9.97 Å². The van der Waals surface area contributed by atoms with Crippen LogP contribution >= 0.6 is 0 Å². The summed E-state index contributed by atoms with van der Waals surface area (Å²) in [5.41, 5.74) is 2.15. The van der Waals surface area contributed by atoms with Gasteiger partial charge in [0.2, 0.25) is 21.9 Å². The number of aromatic nitrogens is 2. The molecule has 2 N–H and O–H groups in total. The van der Waals surface area contributed by atoms with Crippen LogP contribution in [0.25, 0.3) is 0 Å². The summed E-state index contributed by atoms with van der Waals surface area (Å²) in [6, 6.07) is 11.2. The van der Waals surface area contributed by atoms with Gasteiger partial charge in [-0.25, -0.2) is 17.8 Å². The van der Waals surface area contributed by atoms with Gasteiger partial charge >= 0.3 is 6.55 Å². The third kappa shape index (κ3) is 5.05. The lowest BCUT2D eigenvalue weighted by atomic mass is 10.1. The van der Waals surface area contributed by atoms with E-state index < -0.39 is 34.8 Å². The fourth-order valence-electron chi connectivity index (χ4n) is 3.82. The lowest BCUT2D eigenvalue weighted by Gasteiger charge is -2.27. The molecule has 0 radical (unpaired) electrons. The Labute approximate surface area is 206 Å². The molecule has 1 aliphatic rings. The minimum Gasteiger partial charge on any atom is -0.325 e. The average molecular weight is 521 g/mol. The number of nitrogens with one attached hydrogen (secondary N) is 2. The smallest absolute Gasteiger partial charge is 0.316 e. The normalized spacial score (nSPS) is 12.9. The van der Waals surface area contributed by atoms with Crippen molar-refractivity contribution in [3.8, 4) is 0 Å². The Hall–Kier alpha value is -3.87. The highest BCUT2D eigenvalue weighted by molar-refractivity contribution is 7.92. The maximum atomic E-state index is 14.7. The molecule has 3 aromatic rings. The van der Waals surface area contributed by atoms with E-state index in [1.165, 1.54) is 26.1 Å². The summed E-state index contributed by atoms with van der Waals surface area (Å²) >= 11 is 0.